The molecule has 1 aromatic rings. The summed E-state index contributed by atoms with van der Waals surface area (Å²) in [6.45, 7) is 10.9. The Morgan fingerprint density at radius 1 is 1.17 bits per heavy atom. The van der Waals surface area contributed by atoms with Crippen molar-refractivity contribution in [2.45, 2.75) is 102 Å². The van der Waals surface area contributed by atoms with Crippen molar-refractivity contribution in [2.24, 2.45) is 23.2 Å². The molecule has 0 aromatic carbocycles. The molecular formula is C31H43NO3S. The minimum Gasteiger partial charge on any atom is -0.393 e. The van der Waals surface area contributed by atoms with Crippen molar-refractivity contribution >= 4 is 11.3 Å². The summed E-state index contributed by atoms with van der Waals surface area (Å²) in [5, 5.41) is 34.6. The first kappa shape index (κ1) is 26.1. The first-order valence-electron chi connectivity index (χ1n) is 13.9. The molecule has 196 valence electrons. The van der Waals surface area contributed by atoms with Crippen LogP contribution in [0, 0.1) is 30.1 Å². The SMILES string of the molecule is C=C1/C(=C\C=C2/CCC[C@]3(C)[C@@H]([C@@H](C)/C=C/[C@H](O)C4(c5nc(C)cs5)CC4)CC[C@@H]23)C[C@@H](O)C[C@@H]1O. The van der Waals surface area contributed by atoms with Crippen molar-refractivity contribution in [2.75, 3.05) is 0 Å². The summed E-state index contributed by atoms with van der Waals surface area (Å²) in [5.41, 5.74) is 4.43. The van der Waals surface area contributed by atoms with E-state index in [9.17, 15) is 15.3 Å². The summed E-state index contributed by atoms with van der Waals surface area (Å²) in [6, 6.07) is 0. The van der Waals surface area contributed by atoms with Gasteiger partial charge in [0.05, 0.1) is 23.7 Å². The highest BCUT2D eigenvalue weighted by molar-refractivity contribution is 7.09. The van der Waals surface area contributed by atoms with Crippen LogP contribution in [-0.2, 0) is 5.41 Å². The van der Waals surface area contributed by atoms with Gasteiger partial charge in [-0.15, -0.1) is 11.3 Å². The average Bonchev–Trinajstić information content (AvgIpc) is 3.41. The molecule has 0 aliphatic heterocycles. The number of nitrogens with zero attached hydrogens (tertiary/aromatic N) is 1. The predicted octanol–water partition coefficient (Wildman–Crippen LogP) is 6.18. The van der Waals surface area contributed by atoms with E-state index in [-0.39, 0.29) is 10.8 Å². The van der Waals surface area contributed by atoms with Crippen molar-refractivity contribution in [3.8, 4) is 0 Å². The normalized spacial score (nSPS) is 38.0. The van der Waals surface area contributed by atoms with Gasteiger partial charge in [0.2, 0.25) is 0 Å². The average molecular weight is 510 g/mol. The van der Waals surface area contributed by atoms with E-state index >= 15 is 0 Å². The lowest BCUT2D eigenvalue weighted by Crippen LogP contribution is -2.35. The van der Waals surface area contributed by atoms with Crippen molar-refractivity contribution in [3.63, 3.8) is 0 Å². The molecule has 0 radical (unpaired) electrons. The smallest absolute Gasteiger partial charge is 0.102 e. The van der Waals surface area contributed by atoms with Gasteiger partial charge in [0.25, 0.3) is 0 Å². The van der Waals surface area contributed by atoms with E-state index in [0.717, 1.165) is 41.1 Å². The number of hydrogen-bond donors (Lipinski definition) is 3. The summed E-state index contributed by atoms with van der Waals surface area (Å²) >= 11 is 1.69. The first-order chi connectivity index (χ1) is 17.1. The molecule has 0 bridgehead atoms. The minimum atomic E-state index is -0.636. The fraction of sp³-hybridized carbons (Fsp3) is 0.645. The molecular weight excluding hydrogens is 466 g/mol. The van der Waals surface area contributed by atoms with Crippen LogP contribution in [0.15, 0.2) is 53.0 Å². The largest absolute Gasteiger partial charge is 0.393 e. The molecule has 0 spiro atoms. The lowest BCUT2D eigenvalue weighted by atomic mass is 9.61. The van der Waals surface area contributed by atoms with Gasteiger partial charge in [-0.1, -0.05) is 50.3 Å². The van der Waals surface area contributed by atoms with Crippen LogP contribution in [-0.4, -0.2) is 38.6 Å². The lowest BCUT2D eigenvalue weighted by Gasteiger charge is -2.44. The zero-order valence-electron chi connectivity index (χ0n) is 22.1. The van der Waals surface area contributed by atoms with E-state index in [1.54, 1.807) is 11.3 Å². The highest BCUT2D eigenvalue weighted by Gasteiger charge is 2.53. The van der Waals surface area contributed by atoms with Crippen LogP contribution in [0.2, 0.25) is 0 Å². The Balaban J connectivity index is 1.29. The molecule has 7 atom stereocenters. The third kappa shape index (κ3) is 4.73. The van der Waals surface area contributed by atoms with E-state index in [2.05, 4.69) is 55.1 Å². The van der Waals surface area contributed by atoms with E-state index in [1.165, 1.54) is 31.3 Å². The Hall–Kier alpha value is -1.53. The molecule has 5 rings (SSSR count). The molecule has 4 saturated carbocycles. The van der Waals surface area contributed by atoms with Gasteiger partial charge < -0.3 is 15.3 Å². The van der Waals surface area contributed by atoms with Crippen LogP contribution in [0.5, 0.6) is 0 Å². The fourth-order valence-electron chi connectivity index (χ4n) is 7.56. The van der Waals surface area contributed by atoms with Crippen molar-refractivity contribution in [3.05, 3.63) is 63.7 Å². The second-order valence-electron chi connectivity index (χ2n) is 12.3. The number of rotatable bonds is 6. The van der Waals surface area contributed by atoms with Crippen LogP contribution >= 0.6 is 11.3 Å². The highest BCUT2D eigenvalue weighted by atomic mass is 32.1. The zero-order chi connectivity index (χ0) is 25.7. The monoisotopic (exact) mass is 509 g/mol. The van der Waals surface area contributed by atoms with Gasteiger partial charge in [-0.2, -0.15) is 0 Å². The molecule has 0 saturated heterocycles. The first-order valence-corrected chi connectivity index (χ1v) is 14.8. The number of aromatic nitrogens is 1. The summed E-state index contributed by atoms with van der Waals surface area (Å²) in [5.74, 6) is 1.60. The predicted molar refractivity (Wildman–Crippen MR) is 147 cm³/mol. The van der Waals surface area contributed by atoms with Crippen LogP contribution in [0.4, 0.5) is 0 Å². The van der Waals surface area contributed by atoms with Crippen LogP contribution < -0.4 is 0 Å². The number of thiazole rings is 1. The fourth-order valence-corrected chi connectivity index (χ4v) is 8.65. The number of allylic oxidation sites excluding steroid dienone is 4. The maximum atomic E-state index is 11.1. The molecule has 36 heavy (non-hydrogen) atoms. The molecule has 4 nitrogen and oxygen atoms in total. The molecule has 5 heteroatoms. The van der Waals surface area contributed by atoms with E-state index < -0.39 is 18.3 Å². The Morgan fingerprint density at radius 2 is 1.94 bits per heavy atom. The van der Waals surface area contributed by atoms with Crippen molar-refractivity contribution in [1.29, 1.82) is 0 Å². The zero-order valence-corrected chi connectivity index (χ0v) is 22.9. The van der Waals surface area contributed by atoms with Gasteiger partial charge in [0.1, 0.15) is 5.01 Å². The maximum Gasteiger partial charge on any atom is 0.102 e. The molecule has 4 aliphatic carbocycles. The summed E-state index contributed by atoms with van der Waals surface area (Å²) in [7, 11) is 0. The molecule has 4 aliphatic rings. The molecule has 3 N–H and O–H groups in total. The second-order valence-corrected chi connectivity index (χ2v) is 13.2. The van der Waals surface area contributed by atoms with Crippen molar-refractivity contribution in [1.82, 2.24) is 4.98 Å². The van der Waals surface area contributed by atoms with E-state index in [1.807, 2.05) is 6.92 Å². The molecule has 4 fully saturated rings. The number of fused-ring (bicyclic) bond motifs is 1. The Kier molecular flexibility index (Phi) is 7.23. The summed E-state index contributed by atoms with van der Waals surface area (Å²) in [4.78, 5) is 4.69. The molecule has 0 unspecified atom stereocenters. The number of aliphatic hydroxyl groups is 3. The van der Waals surface area contributed by atoms with Gasteiger partial charge >= 0.3 is 0 Å². The quantitative estimate of drug-likeness (QED) is 0.401. The minimum absolute atomic E-state index is 0.157. The van der Waals surface area contributed by atoms with Gasteiger partial charge in [-0.3, -0.25) is 0 Å². The summed E-state index contributed by atoms with van der Waals surface area (Å²) in [6.07, 6.45) is 16.2. The Bertz CT molecular complexity index is 1080. The van der Waals surface area contributed by atoms with Crippen LogP contribution in [0.3, 0.4) is 0 Å². The highest BCUT2D eigenvalue weighted by Crippen LogP contribution is 2.60. The molecule has 0 amide bonds. The lowest BCUT2D eigenvalue weighted by molar-refractivity contribution is 0.0862. The van der Waals surface area contributed by atoms with Gasteiger partial charge in [-0.25, -0.2) is 4.98 Å². The number of aryl methyl sites for hydroxylation is 1. The molecule has 1 aromatic heterocycles. The van der Waals surface area contributed by atoms with Gasteiger partial charge in [0, 0.05) is 17.5 Å². The van der Waals surface area contributed by atoms with Gasteiger partial charge in [0.15, 0.2) is 0 Å². The number of aliphatic hydroxyl groups excluding tert-OH is 3. The maximum absolute atomic E-state index is 11.1. The topological polar surface area (TPSA) is 73.6 Å². The van der Waals surface area contributed by atoms with Crippen molar-refractivity contribution < 1.29 is 15.3 Å². The van der Waals surface area contributed by atoms with Gasteiger partial charge in [-0.05, 0) is 92.6 Å². The van der Waals surface area contributed by atoms with E-state index in [0.29, 0.717) is 30.6 Å². The van der Waals surface area contributed by atoms with E-state index in [4.69, 9.17) is 0 Å². The standard InChI is InChI=1S/C31H43NO3S/c1-19(7-12-28(35)31(14-15-31)29-32-20(2)18-36-29)25-10-11-26-22(6-5-13-30(25,26)4)8-9-23-16-24(33)17-27(34)21(23)3/h7-9,12,18-19,24-28,33-35H,3,5-6,10-11,13-17H2,1-2,4H3/b12-7+,22-8+,23-9-/t19-,24+,25+,26-,27-,28-,30+/m0/s1. The number of hydrogen-bond acceptors (Lipinski definition) is 5. The third-order valence-corrected chi connectivity index (χ3v) is 11.1. The van der Waals surface area contributed by atoms with Crippen LogP contribution in [0.1, 0.15) is 82.3 Å². The third-order valence-electron chi connectivity index (χ3n) is 9.93. The van der Waals surface area contributed by atoms with Crippen LogP contribution in [0.25, 0.3) is 0 Å². The summed E-state index contributed by atoms with van der Waals surface area (Å²) < 4.78 is 0. The molecule has 1 heterocycles. The Morgan fingerprint density at radius 3 is 2.64 bits per heavy atom. The Labute approximate surface area is 220 Å². The second kappa shape index (κ2) is 9.98.